The van der Waals surface area contributed by atoms with Gasteiger partial charge in [-0.15, -0.1) is 0 Å². The van der Waals surface area contributed by atoms with Crippen LogP contribution in [0.5, 0.6) is 0 Å². The molecule has 0 N–H and O–H groups in total. The predicted octanol–water partition coefficient (Wildman–Crippen LogP) is 4.96. The van der Waals surface area contributed by atoms with Crippen molar-refractivity contribution in [3.05, 3.63) is 69.2 Å². The van der Waals surface area contributed by atoms with Gasteiger partial charge >= 0.3 is 0 Å². The largest absolute Gasteiger partial charge is 0.274 e. The van der Waals surface area contributed by atoms with E-state index in [-0.39, 0.29) is 27.7 Å². The number of imide groups is 1. The van der Waals surface area contributed by atoms with Crippen LogP contribution in [0.15, 0.2) is 36.4 Å². The summed E-state index contributed by atoms with van der Waals surface area (Å²) >= 11 is 11.3. The van der Waals surface area contributed by atoms with Gasteiger partial charge in [0.2, 0.25) is 0 Å². The number of rotatable bonds is 4. The minimum absolute atomic E-state index is 0.00439. The van der Waals surface area contributed by atoms with E-state index in [0.29, 0.717) is 6.42 Å². The Morgan fingerprint density at radius 1 is 0.917 bits per heavy atom. The maximum Gasteiger partial charge on any atom is 0.263 e. The average Bonchev–Trinajstić information content (AvgIpc) is 2.56. The van der Waals surface area contributed by atoms with Crippen LogP contribution in [0.3, 0.4) is 0 Å². The Kier molecular flexibility index (Phi) is 5.91. The highest BCUT2D eigenvalue weighted by atomic mass is 35.5. The van der Waals surface area contributed by atoms with Gasteiger partial charge in [-0.05, 0) is 30.7 Å². The molecular formula is C17H13Cl2F2NO2. The average molecular weight is 372 g/mol. The van der Waals surface area contributed by atoms with E-state index in [1.165, 1.54) is 36.4 Å². The fourth-order valence-electron chi connectivity index (χ4n) is 2.15. The molecule has 0 heterocycles. The molecule has 2 rings (SSSR count). The lowest BCUT2D eigenvalue weighted by molar-refractivity contribution is 0.0611. The normalized spacial score (nSPS) is 10.5. The molecule has 0 aliphatic carbocycles. The number of amides is 2. The highest BCUT2D eigenvalue weighted by Crippen LogP contribution is 2.23. The molecule has 0 aliphatic rings. The molecule has 0 atom stereocenters. The predicted molar refractivity (Wildman–Crippen MR) is 88.5 cm³/mol. The van der Waals surface area contributed by atoms with Crippen LogP contribution in [-0.2, 0) is 0 Å². The molecule has 126 valence electrons. The number of halogens is 4. The van der Waals surface area contributed by atoms with Crippen molar-refractivity contribution in [2.45, 2.75) is 13.3 Å². The summed E-state index contributed by atoms with van der Waals surface area (Å²) in [5, 5.41) is -0.475. The zero-order valence-corrected chi connectivity index (χ0v) is 14.2. The molecule has 7 heteroatoms. The van der Waals surface area contributed by atoms with Crippen molar-refractivity contribution in [3.8, 4) is 0 Å². The smallest absolute Gasteiger partial charge is 0.263 e. The Bertz CT molecular complexity index is 733. The topological polar surface area (TPSA) is 37.4 Å². The van der Waals surface area contributed by atoms with E-state index in [0.717, 1.165) is 4.90 Å². The van der Waals surface area contributed by atoms with E-state index >= 15 is 0 Å². The van der Waals surface area contributed by atoms with E-state index < -0.39 is 23.4 Å². The van der Waals surface area contributed by atoms with Crippen molar-refractivity contribution in [1.82, 2.24) is 4.90 Å². The van der Waals surface area contributed by atoms with Gasteiger partial charge < -0.3 is 0 Å². The summed E-state index contributed by atoms with van der Waals surface area (Å²) in [7, 11) is 0. The second-order valence-corrected chi connectivity index (χ2v) is 5.78. The molecule has 3 nitrogen and oxygen atoms in total. The Balaban J connectivity index is 2.45. The van der Waals surface area contributed by atoms with Crippen LogP contribution in [0, 0.1) is 11.6 Å². The Morgan fingerprint density at radius 3 is 1.71 bits per heavy atom. The summed E-state index contributed by atoms with van der Waals surface area (Å²) in [5.74, 6) is -3.63. The van der Waals surface area contributed by atoms with Crippen LogP contribution in [-0.4, -0.2) is 23.3 Å². The third kappa shape index (κ3) is 3.57. The zero-order valence-electron chi connectivity index (χ0n) is 12.7. The van der Waals surface area contributed by atoms with Crippen molar-refractivity contribution in [1.29, 1.82) is 0 Å². The van der Waals surface area contributed by atoms with Crippen molar-refractivity contribution in [3.63, 3.8) is 0 Å². The highest BCUT2D eigenvalue weighted by Gasteiger charge is 2.28. The minimum atomic E-state index is -0.926. The summed E-state index contributed by atoms with van der Waals surface area (Å²) < 4.78 is 28.2. The van der Waals surface area contributed by atoms with Gasteiger partial charge in [-0.3, -0.25) is 14.5 Å². The third-order valence-corrected chi connectivity index (χ3v) is 3.89. The van der Waals surface area contributed by atoms with Crippen LogP contribution in [0.25, 0.3) is 0 Å². The minimum Gasteiger partial charge on any atom is -0.274 e. The fourth-order valence-corrected chi connectivity index (χ4v) is 2.50. The number of hydrogen-bond acceptors (Lipinski definition) is 2. The summed E-state index contributed by atoms with van der Waals surface area (Å²) in [4.78, 5) is 25.9. The van der Waals surface area contributed by atoms with E-state index in [9.17, 15) is 18.4 Å². The first-order valence-electron chi connectivity index (χ1n) is 7.12. The molecule has 0 fully saturated rings. The van der Waals surface area contributed by atoms with Gasteiger partial charge in [0.15, 0.2) is 11.6 Å². The number of nitrogens with zero attached hydrogens (tertiary/aromatic N) is 1. The lowest BCUT2D eigenvalue weighted by atomic mass is 10.1. The first-order chi connectivity index (χ1) is 11.4. The van der Waals surface area contributed by atoms with Crippen LogP contribution < -0.4 is 0 Å². The molecule has 2 aromatic rings. The maximum atomic E-state index is 14.1. The quantitative estimate of drug-likeness (QED) is 0.711. The molecule has 0 saturated heterocycles. The number of carbonyl (C=O) groups is 2. The number of hydrogen-bond donors (Lipinski definition) is 0. The number of benzene rings is 2. The maximum absolute atomic E-state index is 14.1. The van der Waals surface area contributed by atoms with Crippen LogP contribution in [0.4, 0.5) is 8.78 Å². The second kappa shape index (κ2) is 7.73. The van der Waals surface area contributed by atoms with Gasteiger partial charge in [0.05, 0.1) is 21.2 Å². The molecule has 24 heavy (non-hydrogen) atoms. The Morgan fingerprint density at radius 2 is 1.33 bits per heavy atom. The number of carbonyl (C=O) groups excluding carboxylic acids is 2. The monoisotopic (exact) mass is 371 g/mol. The van der Waals surface area contributed by atoms with Crippen molar-refractivity contribution in [2.24, 2.45) is 0 Å². The van der Waals surface area contributed by atoms with Crippen LogP contribution >= 0.6 is 23.2 Å². The molecule has 0 aromatic heterocycles. The van der Waals surface area contributed by atoms with Gasteiger partial charge in [-0.25, -0.2) is 8.78 Å². The van der Waals surface area contributed by atoms with E-state index in [1.54, 1.807) is 6.92 Å². The summed E-state index contributed by atoms with van der Waals surface area (Å²) in [6, 6.07) is 7.80. The molecule has 0 saturated carbocycles. The van der Waals surface area contributed by atoms with Gasteiger partial charge in [-0.1, -0.05) is 42.3 Å². The van der Waals surface area contributed by atoms with E-state index in [4.69, 9.17) is 23.2 Å². The molecule has 2 amide bonds. The molecule has 0 unspecified atom stereocenters. The first kappa shape index (κ1) is 18.4. The van der Waals surface area contributed by atoms with Gasteiger partial charge in [0.25, 0.3) is 11.8 Å². The van der Waals surface area contributed by atoms with E-state index in [2.05, 4.69) is 0 Å². The Labute approximate surface area is 147 Å². The van der Waals surface area contributed by atoms with Gasteiger partial charge in [0.1, 0.15) is 0 Å². The third-order valence-electron chi connectivity index (χ3n) is 3.30. The summed E-state index contributed by atoms with van der Waals surface area (Å²) in [6.45, 7) is 1.73. The van der Waals surface area contributed by atoms with Gasteiger partial charge in [-0.2, -0.15) is 0 Å². The lowest BCUT2D eigenvalue weighted by Gasteiger charge is -2.21. The summed E-state index contributed by atoms with van der Waals surface area (Å²) in [6.07, 6.45) is 0.419. The Hall–Kier alpha value is -1.98. The van der Waals surface area contributed by atoms with Crippen LogP contribution in [0.2, 0.25) is 10.0 Å². The fraction of sp³-hybridized carbons (Fsp3) is 0.176. The molecule has 0 aliphatic heterocycles. The molecule has 0 bridgehead atoms. The highest BCUT2D eigenvalue weighted by molar-refractivity contribution is 6.31. The second-order valence-electron chi connectivity index (χ2n) is 4.96. The molecule has 2 aromatic carbocycles. The lowest BCUT2D eigenvalue weighted by Crippen LogP contribution is -2.38. The molecule has 0 radical (unpaired) electrons. The van der Waals surface area contributed by atoms with E-state index in [1.807, 2.05) is 0 Å². The van der Waals surface area contributed by atoms with Crippen LogP contribution in [0.1, 0.15) is 34.1 Å². The van der Waals surface area contributed by atoms with Crippen molar-refractivity contribution < 1.29 is 18.4 Å². The zero-order chi connectivity index (χ0) is 17.9. The van der Waals surface area contributed by atoms with Crippen molar-refractivity contribution in [2.75, 3.05) is 6.54 Å². The molecular weight excluding hydrogens is 359 g/mol. The summed E-state index contributed by atoms with van der Waals surface area (Å²) in [5.41, 5.74) is -0.710. The molecule has 0 spiro atoms. The first-order valence-corrected chi connectivity index (χ1v) is 7.88. The van der Waals surface area contributed by atoms with Crippen molar-refractivity contribution >= 4 is 35.0 Å². The SMILES string of the molecule is CCCN(C(=O)c1cccc(Cl)c1F)C(=O)c1cccc(Cl)c1F. The standard InChI is InChI=1S/C17H13Cl2F2NO2/c1-2-9-22(16(23)10-5-3-7-12(18)14(10)20)17(24)11-6-4-8-13(19)15(11)21/h3-8H,2,9H2,1H3. The van der Waals surface area contributed by atoms with Gasteiger partial charge in [0, 0.05) is 6.54 Å².